The largest absolute Gasteiger partial charge is 0.416 e. The number of nitrogens with one attached hydrogen (secondary N) is 1. The molecule has 0 spiro atoms. The maximum Gasteiger partial charge on any atom is 0.416 e. The second-order valence-electron chi connectivity index (χ2n) is 9.73. The van der Waals surface area contributed by atoms with Gasteiger partial charge in [-0.1, -0.05) is 18.2 Å². The van der Waals surface area contributed by atoms with Crippen molar-refractivity contribution in [1.29, 1.82) is 0 Å². The minimum atomic E-state index is -4.56. The first kappa shape index (κ1) is 27.1. The number of anilines is 2. The van der Waals surface area contributed by atoms with E-state index < -0.39 is 17.6 Å². The zero-order valence-electron chi connectivity index (χ0n) is 21.9. The van der Waals surface area contributed by atoms with Crippen molar-refractivity contribution in [2.24, 2.45) is 0 Å². The maximum absolute atomic E-state index is 13.5. The Morgan fingerprint density at radius 3 is 2.45 bits per heavy atom. The van der Waals surface area contributed by atoms with Gasteiger partial charge >= 0.3 is 6.18 Å². The van der Waals surface area contributed by atoms with Gasteiger partial charge in [0.15, 0.2) is 0 Å². The van der Waals surface area contributed by atoms with Gasteiger partial charge in [-0.3, -0.25) is 9.78 Å². The summed E-state index contributed by atoms with van der Waals surface area (Å²) in [4.78, 5) is 21.4. The molecule has 0 radical (unpaired) electrons. The molecule has 0 unspecified atom stereocenters. The van der Waals surface area contributed by atoms with E-state index in [1.165, 1.54) is 6.07 Å². The number of hydrogen-bond donors (Lipinski definition) is 1. The Morgan fingerprint density at radius 1 is 0.921 bits per heavy atom. The number of benzene rings is 3. The van der Waals surface area contributed by atoms with E-state index in [0.717, 1.165) is 52.6 Å². The lowest BCUT2D eigenvalue weighted by atomic mass is 9.97. The summed E-state index contributed by atoms with van der Waals surface area (Å²) < 4.78 is 40.6. The number of amides is 1. The molecule has 8 heteroatoms. The van der Waals surface area contributed by atoms with Crippen LogP contribution in [0.15, 0.2) is 73.1 Å². The van der Waals surface area contributed by atoms with Crippen LogP contribution in [-0.4, -0.2) is 50.0 Å². The van der Waals surface area contributed by atoms with Crippen molar-refractivity contribution in [2.45, 2.75) is 19.5 Å². The first-order valence-corrected chi connectivity index (χ1v) is 12.4. The van der Waals surface area contributed by atoms with Crippen molar-refractivity contribution < 1.29 is 18.0 Å². The number of aryl methyl sites for hydroxylation is 1. The van der Waals surface area contributed by atoms with Crippen LogP contribution in [0.4, 0.5) is 24.5 Å². The molecule has 3 aromatic carbocycles. The number of rotatable bonds is 8. The zero-order chi connectivity index (χ0) is 27.4. The Bertz CT molecular complexity index is 1450. The lowest BCUT2D eigenvalue weighted by molar-refractivity contribution is -0.137. The second kappa shape index (κ2) is 11.2. The fourth-order valence-corrected chi connectivity index (χ4v) is 4.43. The third-order valence-electron chi connectivity index (χ3n) is 6.53. The van der Waals surface area contributed by atoms with Crippen LogP contribution in [0.1, 0.15) is 27.9 Å². The van der Waals surface area contributed by atoms with Gasteiger partial charge in [-0.25, -0.2) is 0 Å². The van der Waals surface area contributed by atoms with E-state index in [0.29, 0.717) is 17.9 Å². The fourth-order valence-electron chi connectivity index (χ4n) is 4.43. The van der Waals surface area contributed by atoms with E-state index >= 15 is 0 Å². The zero-order valence-corrected chi connectivity index (χ0v) is 21.9. The lowest BCUT2D eigenvalue weighted by Crippen LogP contribution is -2.26. The Hall–Kier alpha value is -3.91. The molecule has 0 atom stereocenters. The van der Waals surface area contributed by atoms with Crippen molar-refractivity contribution in [2.75, 3.05) is 44.4 Å². The van der Waals surface area contributed by atoms with E-state index in [4.69, 9.17) is 0 Å². The molecule has 0 aliphatic heterocycles. The number of aromatic nitrogens is 1. The second-order valence-corrected chi connectivity index (χ2v) is 9.73. The smallest absolute Gasteiger partial charge is 0.374 e. The summed E-state index contributed by atoms with van der Waals surface area (Å²) in [5, 5.41) is 4.89. The van der Waals surface area contributed by atoms with Gasteiger partial charge < -0.3 is 15.1 Å². The number of halogens is 3. The van der Waals surface area contributed by atoms with Gasteiger partial charge in [0, 0.05) is 42.7 Å². The molecule has 0 saturated heterocycles. The highest BCUT2D eigenvalue weighted by Gasteiger charge is 2.32. The van der Waals surface area contributed by atoms with Crippen LogP contribution in [0.2, 0.25) is 0 Å². The van der Waals surface area contributed by atoms with Gasteiger partial charge in [-0.15, -0.1) is 0 Å². The Labute approximate surface area is 220 Å². The van der Waals surface area contributed by atoms with Gasteiger partial charge in [0.1, 0.15) is 0 Å². The summed E-state index contributed by atoms with van der Waals surface area (Å²) in [5.41, 5.74) is 2.95. The summed E-state index contributed by atoms with van der Waals surface area (Å²) in [5.74, 6) is -0.594. The van der Waals surface area contributed by atoms with Crippen LogP contribution in [0.5, 0.6) is 0 Å². The normalized spacial score (nSPS) is 11.7. The predicted octanol–water partition coefficient (Wildman–Crippen LogP) is 6.87. The molecule has 1 N–H and O–H groups in total. The van der Waals surface area contributed by atoms with Crippen LogP contribution >= 0.6 is 0 Å². The molecular formula is C30H31F3N4O. The number of pyridine rings is 1. The Kier molecular flexibility index (Phi) is 8.02. The average molecular weight is 521 g/mol. The van der Waals surface area contributed by atoms with Gasteiger partial charge in [0.2, 0.25) is 0 Å². The Morgan fingerprint density at radius 2 is 1.71 bits per heavy atom. The standard InChI is InChI=1S/C30H31F3N4O/c1-20-6-10-25(18-26(20)22-8-7-21-12-13-34-19-23(21)16-22)35-29(38)27-17-24(30(31,32)33)9-11-28(27)37(4)15-5-14-36(2)3/h6-13,16-19H,5,14-15H2,1-4H3,(H,35,38). The van der Waals surface area contributed by atoms with Gasteiger partial charge in [-0.05, 0) is 98.5 Å². The molecule has 0 saturated carbocycles. The highest BCUT2D eigenvalue weighted by molar-refractivity contribution is 6.08. The van der Waals surface area contributed by atoms with Crippen LogP contribution < -0.4 is 10.2 Å². The fraction of sp³-hybridized carbons (Fsp3) is 0.267. The van der Waals surface area contributed by atoms with Crippen molar-refractivity contribution in [3.63, 3.8) is 0 Å². The highest BCUT2D eigenvalue weighted by Crippen LogP contribution is 2.34. The molecule has 38 heavy (non-hydrogen) atoms. The van der Waals surface area contributed by atoms with E-state index in [1.54, 1.807) is 25.5 Å². The third kappa shape index (κ3) is 6.31. The maximum atomic E-state index is 13.5. The first-order valence-electron chi connectivity index (χ1n) is 12.4. The van der Waals surface area contributed by atoms with Crippen molar-refractivity contribution in [3.05, 3.63) is 89.7 Å². The monoisotopic (exact) mass is 520 g/mol. The van der Waals surface area contributed by atoms with E-state index in [1.807, 2.05) is 67.2 Å². The molecule has 1 aromatic heterocycles. The lowest BCUT2D eigenvalue weighted by Gasteiger charge is -2.24. The molecule has 1 heterocycles. The number of alkyl halides is 3. The third-order valence-corrected chi connectivity index (χ3v) is 6.53. The van der Waals surface area contributed by atoms with Gasteiger partial charge in [0.05, 0.1) is 11.1 Å². The highest BCUT2D eigenvalue weighted by atomic mass is 19.4. The number of fused-ring (bicyclic) bond motifs is 1. The number of nitrogens with zero attached hydrogens (tertiary/aromatic N) is 3. The number of hydrogen-bond acceptors (Lipinski definition) is 4. The van der Waals surface area contributed by atoms with E-state index in [2.05, 4.69) is 10.3 Å². The molecule has 4 rings (SSSR count). The topological polar surface area (TPSA) is 48.5 Å². The molecular weight excluding hydrogens is 489 g/mol. The summed E-state index contributed by atoms with van der Waals surface area (Å²) in [6.07, 6.45) is -0.220. The number of carbonyl (C=O) groups is 1. The number of carbonyl (C=O) groups excluding carboxylic acids is 1. The molecule has 0 fully saturated rings. The minimum absolute atomic E-state index is 0.0221. The molecule has 198 valence electrons. The quantitative estimate of drug-likeness (QED) is 0.276. The summed E-state index contributed by atoms with van der Waals surface area (Å²) in [7, 11) is 5.71. The summed E-state index contributed by atoms with van der Waals surface area (Å²) in [6, 6.07) is 16.8. The molecule has 1 amide bonds. The van der Waals surface area contributed by atoms with E-state index in [9.17, 15) is 18.0 Å². The van der Waals surface area contributed by atoms with Crippen LogP contribution in [-0.2, 0) is 6.18 Å². The average Bonchev–Trinajstić information content (AvgIpc) is 2.88. The predicted molar refractivity (Wildman–Crippen MR) is 148 cm³/mol. The summed E-state index contributed by atoms with van der Waals surface area (Å²) in [6.45, 7) is 3.39. The van der Waals surface area contributed by atoms with Crippen molar-refractivity contribution >= 4 is 28.1 Å². The molecule has 4 aromatic rings. The SMILES string of the molecule is Cc1ccc(NC(=O)c2cc(C(F)(F)F)ccc2N(C)CCCN(C)C)cc1-c1ccc2ccncc2c1. The van der Waals surface area contributed by atoms with E-state index in [-0.39, 0.29) is 5.56 Å². The summed E-state index contributed by atoms with van der Waals surface area (Å²) >= 11 is 0. The first-order chi connectivity index (χ1) is 18.0. The Balaban J connectivity index is 1.65. The van der Waals surface area contributed by atoms with Crippen molar-refractivity contribution in [1.82, 2.24) is 9.88 Å². The van der Waals surface area contributed by atoms with Crippen LogP contribution in [0.25, 0.3) is 21.9 Å². The van der Waals surface area contributed by atoms with Crippen molar-refractivity contribution in [3.8, 4) is 11.1 Å². The van der Waals surface area contributed by atoms with Crippen LogP contribution in [0, 0.1) is 6.92 Å². The van der Waals surface area contributed by atoms with Crippen LogP contribution in [0.3, 0.4) is 0 Å². The van der Waals surface area contributed by atoms with Gasteiger partial charge in [-0.2, -0.15) is 13.2 Å². The molecule has 0 aliphatic rings. The minimum Gasteiger partial charge on any atom is -0.374 e. The molecule has 0 aliphatic carbocycles. The van der Waals surface area contributed by atoms with Gasteiger partial charge in [0.25, 0.3) is 5.91 Å². The molecule has 5 nitrogen and oxygen atoms in total. The molecule has 0 bridgehead atoms.